The summed E-state index contributed by atoms with van der Waals surface area (Å²) in [5.74, 6) is 1.48. The molecule has 0 radical (unpaired) electrons. The number of nitrogens with zero attached hydrogens (tertiary/aromatic N) is 2. The van der Waals surface area contributed by atoms with Crippen molar-refractivity contribution >= 4 is 0 Å². The van der Waals surface area contributed by atoms with Crippen LogP contribution in [-0.4, -0.2) is 67.3 Å². The third-order valence-corrected chi connectivity index (χ3v) is 4.54. The van der Waals surface area contributed by atoms with Crippen molar-refractivity contribution in [1.29, 1.82) is 0 Å². The van der Waals surface area contributed by atoms with Crippen molar-refractivity contribution in [1.82, 2.24) is 9.80 Å². The zero-order chi connectivity index (χ0) is 13.1. The molecule has 1 aliphatic heterocycles. The lowest BCUT2D eigenvalue weighted by atomic mass is 9.93. The van der Waals surface area contributed by atoms with Crippen LogP contribution in [0.25, 0.3) is 0 Å². The zero-order valence-electron chi connectivity index (χ0n) is 11.9. The lowest BCUT2D eigenvalue weighted by Gasteiger charge is -2.40. The second-order valence-electron chi connectivity index (χ2n) is 6.41. The maximum atomic E-state index is 9.61. The largest absolute Gasteiger partial charge is 0.395 e. The summed E-state index contributed by atoms with van der Waals surface area (Å²) in [4.78, 5) is 4.70. The number of nitrogens with two attached hydrogens (primary N) is 1. The highest BCUT2D eigenvalue weighted by Gasteiger charge is 2.37. The van der Waals surface area contributed by atoms with E-state index in [2.05, 4.69) is 23.9 Å². The molecule has 0 amide bonds. The van der Waals surface area contributed by atoms with Gasteiger partial charge >= 0.3 is 0 Å². The molecule has 1 saturated carbocycles. The molecule has 4 heteroatoms. The molecular formula is C14H29N3O. The second kappa shape index (κ2) is 6.33. The fourth-order valence-electron chi connectivity index (χ4n) is 3.26. The van der Waals surface area contributed by atoms with Gasteiger partial charge in [-0.05, 0) is 64.7 Å². The second-order valence-corrected chi connectivity index (χ2v) is 6.41. The van der Waals surface area contributed by atoms with E-state index in [1.807, 2.05) is 0 Å². The van der Waals surface area contributed by atoms with Crippen LogP contribution in [0.15, 0.2) is 0 Å². The minimum atomic E-state index is 0.181. The Hall–Kier alpha value is -0.160. The predicted octanol–water partition coefficient (Wildman–Crippen LogP) is 0.358. The molecule has 2 unspecified atom stereocenters. The van der Waals surface area contributed by atoms with Crippen molar-refractivity contribution in [3.05, 3.63) is 0 Å². The van der Waals surface area contributed by atoms with Crippen LogP contribution in [0, 0.1) is 11.8 Å². The first-order chi connectivity index (χ1) is 8.61. The van der Waals surface area contributed by atoms with Gasteiger partial charge in [0.1, 0.15) is 0 Å². The molecule has 1 saturated heterocycles. The van der Waals surface area contributed by atoms with E-state index in [0.29, 0.717) is 5.92 Å². The smallest absolute Gasteiger partial charge is 0.0602 e. The van der Waals surface area contributed by atoms with Gasteiger partial charge in [-0.25, -0.2) is 0 Å². The van der Waals surface area contributed by atoms with Crippen LogP contribution in [0.5, 0.6) is 0 Å². The van der Waals surface area contributed by atoms with E-state index in [4.69, 9.17) is 5.73 Å². The Bertz CT molecular complexity index is 247. The summed E-state index contributed by atoms with van der Waals surface area (Å²) >= 11 is 0. The van der Waals surface area contributed by atoms with E-state index in [0.717, 1.165) is 19.0 Å². The third-order valence-electron chi connectivity index (χ3n) is 4.54. The molecule has 18 heavy (non-hydrogen) atoms. The molecule has 0 aromatic rings. The number of rotatable bonds is 6. The molecule has 3 N–H and O–H groups in total. The van der Waals surface area contributed by atoms with Crippen molar-refractivity contribution in [2.45, 2.75) is 37.8 Å². The topological polar surface area (TPSA) is 52.7 Å². The molecule has 2 atom stereocenters. The van der Waals surface area contributed by atoms with Crippen LogP contribution < -0.4 is 5.73 Å². The number of hydrogen-bond acceptors (Lipinski definition) is 4. The predicted molar refractivity (Wildman–Crippen MR) is 74.4 cm³/mol. The summed E-state index contributed by atoms with van der Waals surface area (Å²) in [5, 5.41) is 9.61. The lowest BCUT2D eigenvalue weighted by Crippen LogP contribution is -2.54. The fraction of sp³-hybridized carbons (Fsp3) is 1.00. The van der Waals surface area contributed by atoms with E-state index in [-0.39, 0.29) is 18.7 Å². The molecular weight excluding hydrogens is 226 g/mol. The Morgan fingerprint density at radius 1 is 1.22 bits per heavy atom. The lowest BCUT2D eigenvalue weighted by molar-refractivity contribution is 0.0625. The van der Waals surface area contributed by atoms with Gasteiger partial charge in [0.2, 0.25) is 0 Å². The summed E-state index contributed by atoms with van der Waals surface area (Å²) in [6.07, 6.45) is 5.00. The molecule has 0 aromatic heterocycles. The third kappa shape index (κ3) is 3.67. The Labute approximate surface area is 111 Å². The summed E-state index contributed by atoms with van der Waals surface area (Å²) in [7, 11) is 4.29. The van der Waals surface area contributed by atoms with Gasteiger partial charge in [0, 0.05) is 18.6 Å². The van der Waals surface area contributed by atoms with Gasteiger partial charge in [-0.1, -0.05) is 0 Å². The molecule has 4 nitrogen and oxygen atoms in total. The van der Waals surface area contributed by atoms with Crippen LogP contribution in [0.1, 0.15) is 25.7 Å². The minimum Gasteiger partial charge on any atom is -0.395 e. The SMILES string of the molecule is CN(C)CC1CCN(C(CO)C(N)C2CC2)CC1. The first-order valence-corrected chi connectivity index (χ1v) is 7.37. The van der Waals surface area contributed by atoms with Crippen molar-refractivity contribution < 1.29 is 5.11 Å². The Balaban J connectivity index is 1.79. The average Bonchev–Trinajstić information content (AvgIpc) is 3.15. The standard InChI is InChI=1S/C14H29N3O/c1-16(2)9-11-5-7-17(8-6-11)13(10-18)14(15)12-3-4-12/h11-14,18H,3-10,15H2,1-2H3. The van der Waals surface area contributed by atoms with Gasteiger partial charge in [0.15, 0.2) is 0 Å². The fourth-order valence-corrected chi connectivity index (χ4v) is 3.26. The molecule has 2 fully saturated rings. The number of hydrogen-bond donors (Lipinski definition) is 2. The minimum absolute atomic E-state index is 0.181. The number of aliphatic hydroxyl groups excluding tert-OH is 1. The van der Waals surface area contributed by atoms with E-state index < -0.39 is 0 Å². The average molecular weight is 255 g/mol. The number of likely N-dealkylation sites (tertiary alicyclic amines) is 1. The number of aliphatic hydroxyl groups is 1. The van der Waals surface area contributed by atoms with Crippen molar-refractivity contribution in [3.8, 4) is 0 Å². The zero-order valence-corrected chi connectivity index (χ0v) is 11.9. The first kappa shape index (κ1) is 14.3. The van der Waals surface area contributed by atoms with Crippen LogP contribution in [0.2, 0.25) is 0 Å². The maximum absolute atomic E-state index is 9.61. The van der Waals surface area contributed by atoms with Gasteiger partial charge in [0.25, 0.3) is 0 Å². The summed E-state index contributed by atoms with van der Waals surface area (Å²) < 4.78 is 0. The molecule has 106 valence electrons. The molecule has 0 aromatic carbocycles. The van der Waals surface area contributed by atoms with Crippen molar-refractivity contribution in [2.24, 2.45) is 17.6 Å². The van der Waals surface area contributed by atoms with Crippen LogP contribution in [0.4, 0.5) is 0 Å². The van der Waals surface area contributed by atoms with Crippen LogP contribution in [-0.2, 0) is 0 Å². The van der Waals surface area contributed by atoms with Gasteiger partial charge < -0.3 is 15.7 Å². The Morgan fingerprint density at radius 2 is 1.83 bits per heavy atom. The van der Waals surface area contributed by atoms with Crippen molar-refractivity contribution in [3.63, 3.8) is 0 Å². The Morgan fingerprint density at radius 3 is 2.28 bits per heavy atom. The highest BCUT2D eigenvalue weighted by Crippen LogP contribution is 2.34. The normalized spacial score (nSPS) is 26.5. The molecule has 0 spiro atoms. The van der Waals surface area contributed by atoms with Gasteiger partial charge in [-0.3, -0.25) is 4.90 Å². The monoisotopic (exact) mass is 255 g/mol. The quantitative estimate of drug-likeness (QED) is 0.719. The van der Waals surface area contributed by atoms with E-state index >= 15 is 0 Å². The first-order valence-electron chi connectivity index (χ1n) is 7.37. The maximum Gasteiger partial charge on any atom is 0.0602 e. The van der Waals surface area contributed by atoms with E-state index in [1.54, 1.807) is 0 Å². The molecule has 0 bridgehead atoms. The van der Waals surface area contributed by atoms with Crippen LogP contribution in [0.3, 0.4) is 0 Å². The van der Waals surface area contributed by atoms with Crippen LogP contribution >= 0.6 is 0 Å². The van der Waals surface area contributed by atoms with Gasteiger partial charge in [-0.15, -0.1) is 0 Å². The number of piperidine rings is 1. The molecule has 2 rings (SSSR count). The van der Waals surface area contributed by atoms with Crippen molar-refractivity contribution in [2.75, 3.05) is 40.3 Å². The molecule has 1 heterocycles. The highest BCUT2D eigenvalue weighted by molar-refractivity contribution is 4.94. The highest BCUT2D eigenvalue weighted by atomic mass is 16.3. The van der Waals surface area contributed by atoms with E-state index in [1.165, 1.54) is 32.2 Å². The Kier molecular flexibility index (Phi) is 5.01. The molecule has 1 aliphatic carbocycles. The van der Waals surface area contributed by atoms with E-state index in [9.17, 15) is 5.11 Å². The van der Waals surface area contributed by atoms with Gasteiger partial charge in [0.05, 0.1) is 6.61 Å². The van der Waals surface area contributed by atoms with Gasteiger partial charge in [-0.2, -0.15) is 0 Å². The summed E-state index contributed by atoms with van der Waals surface area (Å²) in [5.41, 5.74) is 6.27. The molecule has 2 aliphatic rings. The summed E-state index contributed by atoms with van der Waals surface area (Å²) in [6.45, 7) is 3.61. The summed E-state index contributed by atoms with van der Waals surface area (Å²) in [6, 6.07) is 0.373.